The first-order valence-corrected chi connectivity index (χ1v) is 11.2. The topological polar surface area (TPSA) is 75.5 Å². The molecule has 1 aliphatic heterocycles. The van der Waals surface area contributed by atoms with Crippen LogP contribution in [0.3, 0.4) is 0 Å². The third-order valence-electron chi connectivity index (χ3n) is 5.74. The fraction of sp³-hybridized carbons (Fsp3) is 0.208. The van der Waals surface area contributed by atoms with Crippen molar-refractivity contribution < 1.29 is 22.9 Å². The van der Waals surface area contributed by atoms with Crippen molar-refractivity contribution in [3.8, 4) is 0 Å². The fourth-order valence-electron chi connectivity index (χ4n) is 3.92. The number of carbonyl (C=O) groups is 1. The third-order valence-corrected chi connectivity index (χ3v) is 6.42. The van der Waals surface area contributed by atoms with Gasteiger partial charge in [0.15, 0.2) is 0 Å². The lowest BCUT2D eigenvalue weighted by Gasteiger charge is -2.29. The van der Waals surface area contributed by atoms with Crippen LogP contribution in [-0.2, 0) is 25.7 Å². The number of rotatable bonds is 5. The van der Waals surface area contributed by atoms with E-state index in [1.54, 1.807) is 6.07 Å². The summed E-state index contributed by atoms with van der Waals surface area (Å²) in [5.41, 5.74) is 2.15. The van der Waals surface area contributed by atoms with Gasteiger partial charge in [-0.05, 0) is 53.4 Å². The van der Waals surface area contributed by atoms with Crippen LogP contribution >= 0.6 is 23.2 Å². The smallest absolute Gasteiger partial charge is 0.322 e. The Balaban J connectivity index is 1.44. The van der Waals surface area contributed by atoms with E-state index in [-0.39, 0.29) is 21.3 Å². The number of amides is 1. The summed E-state index contributed by atoms with van der Waals surface area (Å²) in [7, 11) is 0. The van der Waals surface area contributed by atoms with Gasteiger partial charge in [-0.1, -0.05) is 35.3 Å². The molecule has 1 amide bonds. The minimum Gasteiger partial charge on any atom is -0.322 e. The van der Waals surface area contributed by atoms with Crippen LogP contribution in [0.1, 0.15) is 32.6 Å². The highest BCUT2D eigenvalue weighted by Gasteiger charge is 2.31. The molecule has 0 aromatic heterocycles. The number of non-ortho nitro benzene ring substituents is 1. The summed E-state index contributed by atoms with van der Waals surface area (Å²) >= 11 is 12.1. The molecule has 0 saturated carbocycles. The van der Waals surface area contributed by atoms with Gasteiger partial charge in [-0.2, -0.15) is 13.2 Å². The molecule has 0 radical (unpaired) electrons. The molecule has 0 unspecified atom stereocenters. The summed E-state index contributed by atoms with van der Waals surface area (Å²) in [4.78, 5) is 25.1. The third kappa shape index (κ3) is 5.75. The Hall–Kier alpha value is -3.14. The minimum atomic E-state index is -4.44. The molecule has 0 atom stereocenters. The average molecular weight is 524 g/mol. The van der Waals surface area contributed by atoms with Gasteiger partial charge in [-0.3, -0.25) is 19.8 Å². The quantitative estimate of drug-likeness (QED) is 0.297. The minimum absolute atomic E-state index is 0.00168. The second kappa shape index (κ2) is 9.85. The first-order chi connectivity index (χ1) is 16.5. The van der Waals surface area contributed by atoms with E-state index in [1.807, 2.05) is 12.1 Å². The highest BCUT2D eigenvalue weighted by atomic mass is 35.5. The number of nitro benzene ring substituents is 1. The zero-order valence-corrected chi connectivity index (χ0v) is 19.5. The van der Waals surface area contributed by atoms with E-state index in [0.717, 1.165) is 29.3 Å². The second-order valence-corrected chi connectivity index (χ2v) is 8.94. The van der Waals surface area contributed by atoms with Gasteiger partial charge >= 0.3 is 6.18 Å². The zero-order chi connectivity index (χ0) is 25.3. The molecule has 3 aromatic carbocycles. The lowest BCUT2D eigenvalue weighted by atomic mass is 9.98. The van der Waals surface area contributed by atoms with Crippen LogP contribution in [0.4, 0.5) is 24.5 Å². The van der Waals surface area contributed by atoms with Crippen LogP contribution in [-0.4, -0.2) is 22.3 Å². The van der Waals surface area contributed by atoms with Crippen molar-refractivity contribution in [1.82, 2.24) is 4.90 Å². The normalized spacial score (nSPS) is 13.9. The van der Waals surface area contributed by atoms with Crippen LogP contribution in [0, 0.1) is 10.1 Å². The number of nitro groups is 1. The largest absolute Gasteiger partial charge is 0.416 e. The van der Waals surface area contributed by atoms with E-state index in [0.29, 0.717) is 37.3 Å². The second-order valence-electron chi connectivity index (χ2n) is 8.12. The molecule has 0 aliphatic carbocycles. The van der Waals surface area contributed by atoms with Crippen LogP contribution in [0.15, 0.2) is 54.6 Å². The van der Waals surface area contributed by atoms with Gasteiger partial charge in [0.1, 0.15) is 0 Å². The predicted octanol–water partition coefficient (Wildman–Crippen LogP) is 6.73. The van der Waals surface area contributed by atoms with Gasteiger partial charge in [0.05, 0.1) is 21.1 Å². The monoisotopic (exact) mass is 523 g/mol. The van der Waals surface area contributed by atoms with E-state index < -0.39 is 22.6 Å². The van der Waals surface area contributed by atoms with Crippen molar-refractivity contribution in [3.63, 3.8) is 0 Å². The zero-order valence-electron chi connectivity index (χ0n) is 18.0. The Morgan fingerprint density at radius 2 is 1.80 bits per heavy atom. The van der Waals surface area contributed by atoms with Crippen LogP contribution in [0.2, 0.25) is 10.0 Å². The molecule has 1 heterocycles. The molecule has 0 bridgehead atoms. The van der Waals surface area contributed by atoms with Crippen molar-refractivity contribution >= 4 is 40.5 Å². The molecular weight excluding hydrogens is 506 g/mol. The standard InChI is InChI=1S/C24H18Cl2F3N3O3/c25-21-6-5-19(32(34)35)11-20(21)23(33)30-18-4-2-15-12-31(8-7-14(15)9-18)13-16-1-3-17(10-22(16)26)24(27,28)29/h1-6,9-11H,7-8,12-13H2,(H,30,33). The summed E-state index contributed by atoms with van der Waals surface area (Å²) in [6, 6.07) is 12.4. The number of benzene rings is 3. The van der Waals surface area contributed by atoms with Crippen molar-refractivity contribution in [2.75, 3.05) is 11.9 Å². The lowest BCUT2D eigenvalue weighted by molar-refractivity contribution is -0.384. The van der Waals surface area contributed by atoms with Gasteiger partial charge < -0.3 is 5.32 Å². The highest BCUT2D eigenvalue weighted by Crippen LogP contribution is 2.33. The Bertz CT molecular complexity index is 1310. The molecule has 0 saturated heterocycles. The molecule has 1 N–H and O–H groups in total. The summed E-state index contributed by atoms with van der Waals surface area (Å²) in [5, 5.41) is 13.9. The number of carbonyl (C=O) groups excluding carboxylic acids is 1. The molecule has 3 aromatic rings. The Labute approximate surface area is 208 Å². The van der Waals surface area contributed by atoms with E-state index >= 15 is 0 Å². The van der Waals surface area contributed by atoms with Crippen molar-refractivity contribution in [2.24, 2.45) is 0 Å². The Morgan fingerprint density at radius 1 is 1.03 bits per heavy atom. The molecule has 182 valence electrons. The number of hydrogen-bond donors (Lipinski definition) is 1. The average Bonchev–Trinajstić information content (AvgIpc) is 2.79. The Morgan fingerprint density at radius 3 is 2.49 bits per heavy atom. The molecule has 4 rings (SSSR count). The molecule has 1 aliphatic rings. The fourth-order valence-corrected chi connectivity index (χ4v) is 4.36. The number of alkyl halides is 3. The number of hydrogen-bond acceptors (Lipinski definition) is 4. The first-order valence-electron chi connectivity index (χ1n) is 10.5. The van der Waals surface area contributed by atoms with E-state index in [4.69, 9.17) is 23.2 Å². The van der Waals surface area contributed by atoms with Gasteiger partial charge in [-0.25, -0.2) is 0 Å². The first kappa shape index (κ1) is 25.0. The van der Waals surface area contributed by atoms with Gasteiger partial charge in [0.2, 0.25) is 0 Å². The summed E-state index contributed by atoms with van der Waals surface area (Å²) in [6.07, 6.45) is -3.78. The molecule has 35 heavy (non-hydrogen) atoms. The Kier molecular flexibility index (Phi) is 7.02. The van der Waals surface area contributed by atoms with Crippen molar-refractivity contribution in [3.05, 3.63) is 103 Å². The van der Waals surface area contributed by atoms with Crippen molar-refractivity contribution in [1.29, 1.82) is 0 Å². The maximum Gasteiger partial charge on any atom is 0.416 e. The molecule has 11 heteroatoms. The molecular formula is C24H18Cl2F3N3O3. The summed E-state index contributed by atoms with van der Waals surface area (Å²) in [6.45, 7) is 1.62. The highest BCUT2D eigenvalue weighted by molar-refractivity contribution is 6.34. The van der Waals surface area contributed by atoms with Crippen LogP contribution in [0.5, 0.6) is 0 Å². The molecule has 0 spiro atoms. The summed E-state index contributed by atoms with van der Waals surface area (Å²) < 4.78 is 38.6. The van der Waals surface area contributed by atoms with Crippen LogP contribution in [0.25, 0.3) is 0 Å². The molecule has 6 nitrogen and oxygen atoms in total. The van der Waals surface area contributed by atoms with E-state index in [1.165, 1.54) is 18.2 Å². The number of nitrogens with zero attached hydrogens (tertiary/aromatic N) is 2. The van der Waals surface area contributed by atoms with E-state index in [2.05, 4.69) is 10.2 Å². The SMILES string of the molecule is O=C(Nc1ccc2c(c1)CCN(Cc1ccc(C(F)(F)F)cc1Cl)C2)c1cc([N+](=O)[O-])ccc1Cl. The van der Waals surface area contributed by atoms with E-state index in [9.17, 15) is 28.1 Å². The predicted molar refractivity (Wildman–Crippen MR) is 127 cm³/mol. The summed E-state index contributed by atoms with van der Waals surface area (Å²) in [5.74, 6) is -0.562. The lowest BCUT2D eigenvalue weighted by Crippen LogP contribution is -2.30. The maximum absolute atomic E-state index is 12.9. The van der Waals surface area contributed by atoms with Gasteiger partial charge in [-0.15, -0.1) is 0 Å². The van der Waals surface area contributed by atoms with Crippen LogP contribution < -0.4 is 5.32 Å². The van der Waals surface area contributed by atoms with Gasteiger partial charge in [0, 0.05) is 42.5 Å². The number of fused-ring (bicyclic) bond motifs is 1. The maximum atomic E-state index is 12.9. The number of anilines is 1. The number of nitrogens with one attached hydrogen (secondary N) is 1. The molecule has 0 fully saturated rings. The number of halogens is 5. The van der Waals surface area contributed by atoms with Crippen molar-refractivity contribution in [2.45, 2.75) is 25.7 Å². The van der Waals surface area contributed by atoms with Gasteiger partial charge in [0.25, 0.3) is 11.6 Å².